The van der Waals surface area contributed by atoms with Crippen molar-refractivity contribution in [2.24, 2.45) is 11.3 Å². The minimum Gasteiger partial charge on any atom is -0.492 e. The highest BCUT2D eigenvalue weighted by atomic mass is 19.4. The maximum Gasteiger partial charge on any atom is 0.395 e. The molecule has 2 fully saturated rings. The molecule has 1 saturated heterocycles. The van der Waals surface area contributed by atoms with Gasteiger partial charge in [-0.15, -0.1) is 0 Å². The highest BCUT2D eigenvalue weighted by Gasteiger charge is 2.58. The van der Waals surface area contributed by atoms with Crippen LogP contribution in [0.1, 0.15) is 37.7 Å². The molecule has 0 radical (unpaired) electrons. The molecule has 2 heterocycles. The number of benzene rings is 1. The third kappa shape index (κ3) is 5.14. The van der Waals surface area contributed by atoms with Crippen molar-refractivity contribution in [3.63, 3.8) is 0 Å². The average molecular weight is 447 g/mol. The van der Waals surface area contributed by atoms with E-state index < -0.39 is 11.6 Å². The summed E-state index contributed by atoms with van der Waals surface area (Å²) in [6.07, 6.45) is 1.83. The van der Waals surface area contributed by atoms with E-state index in [2.05, 4.69) is 4.98 Å². The van der Waals surface area contributed by atoms with Crippen LogP contribution in [0.15, 0.2) is 42.6 Å². The van der Waals surface area contributed by atoms with Gasteiger partial charge in [-0.3, -0.25) is 4.98 Å². The number of rotatable bonds is 8. The molecule has 2 aromatic rings. The SMILES string of the molecule is O=CCc1ccc(-c2ccc(OCC3CCN(CC4(C(F)(F)F)CCC4)CC3)cn2)cc1. The van der Waals surface area contributed by atoms with Crippen LogP contribution in [0, 0.1) is 11.3 Å². The van der Waals surface area contributed by atoms with Crippen LogP contribution in [0.4, 0.5) is 13.2 Å². The molecule has 0 bridgehead atoms. The van der Waals surface area contributed by atoms with Crippen LogP contribution in [-0.4, -0.2) is 48.6 Å². The van der Waals surface area contributed by atoms with E-state index in [-0.39, 0.29) is 19.4 Å². The van der Waals surface area contributed by atoms with Crippen molar-refractivity contribution in [1.82, 2.24) is 9.88 Å². The number of ether oxygens (including phenoxy) is 1. The molecule has 0 spiro atoms. The van der Waals surface area contributed by atoms with Gasteiger partial charge in [0, 0.05) is 18.5 Å². The van der Waals surface area contributed by atoms with E-state index in [0.717, 1.165) is 35.9 Å². The number of likely N-dealkylation sites (tertiary alicyclic amines) is 1. The summed E-state index contributed by atoms with van der Waals surface area (Å²) in [5, 5.41) is 0. The van der Waals surface area contributed by atoms with Gasteiger partial charge < -0.3 is 14.4 Å². The molecule has 2 aliphatic rings. The molecule has 1 aromatic carbocycles. The topological polar surface area (TPSA) is 42.4 Å². The predicted octanol–water partition coefficient (Wildman–Crippen LogP) is 5.31. The normalized spacial score (nSPS) is 19.3. The van der Waals surface area contributed by atoms with Crippen LogP contribution >= 0.6 is 0 Å². The van der Waals surface area contributed by atoms with Crippen molar-refractivity contribution in [2.45, 2.75) is 44.7 Å². The highest BCUT2D eigenvalue weighted by Crippen LogP contribution is 2.53. The molecule has 7 heteroatoms. The lowest BCUT2D eigenvalue weighted by Gasteiger charge is -2.47. The molecule has 1 aliphatic carbocycles. The fraction of sp³-hybridized carbons (Fsp3) is 0.520. The summed E-state index contributed by atoms with van der Waals surface area (Å²) in [5.41, 5.74) is 1.30. The molecule has 32 heavy (non-hydrogen) atoms. The van der Waals surface area contributed by atoms with Crippen molar-refractivity contribution in [3.8, 4) is 17.0 Å². The smallest absolute Gasteiger partial charge is 0.395 e. The molecule has 0 amide bonds. The fourth-order valence-electron chi connectivity index (χ4n) is 4.63. The van der Waals surface area contributed by atoms with Crippen molar-refractivity contribution in [2.75, 3.05) is 26.2 Å². The Hall–Kier alpha value is -2.41. The van der Waals surface area contributed by atoms with Crippen molar-refractivity contribution >= 4 is 6.29 Å². The second-order valence-electron chi connectivity index (χ2n) is 9.11. The van der Waals surface area contributed by atoms with E-state index in [4.69, 9.17) is 4.74 Å². The first-order chi connectivity index (χ1) is 15.4. The first-order valence-electron chi connectivity index (χ1n) is 11.3. The Morgan fingerprint density at radius 3 is 2.34 bits per heavy atom. The Morgan fingerprint density at radius 2 is 1.81 bits per heavy atom. The lowest BCUT2D eigenvalue weighted by atomic mass is 9.67. The largest absolute Gasteiger partial charge is 0.492 e. The molecule has 0 atom stereocenters. The standard InChI is InChI=1S/C25H29F3N2O2/c26-25(27,28)24(11-1-12-24)18-30-13-8-20(9-14-30)17-32-22-6-7-23(29-16-22)21-4-2-19(3-5-21)10-15-31/h2-7,15-16,20H,1,8-14,17-18H2. The van der Waals surface area contributed by atoms with E-state index in [1.807, 2.05) is 41.3 Å². The van der Waals surface area contributed by atoms with Gasteiger partial charge in [-0.25, -0.2) is 0 Å². The average Bonchev–Trinajstić information content (AvgIpc) is 2.76. The van der Waals surface area contributed by atoms with Crippen LogP contribution in [0.3, 0.4) is 0 Å². The summed E-state index contributed by atoms with van der Waals surface area (Å²) in [5.74, 6) is 1.04. The van der Waals surface area contributed by atoms with E-state index >= 15 is 0 Å². The van der Waals surface area contributed by atoms with E-state index in [9.17, 15) is 18.0 Å². The van der Waals surface area contributed by atoms with Crippen molar-refractivity contribution < 1.29 is 22.7 Å². The second kappa shape index (κ2) is 9.61. The number of nitrogens with zero attached hydrogens (tertiary/aromatic N) is 2. The molecular weight excluding hydrogens is 417 g/mol. The molecule has 1 saturated carbocycles. The van der Waals surface area contributed by atoms with E-state index in [0.29, 0.717) is 44.2 Å². The van der Waals surface area contributed by atoms with Gasteiger partial charge in [-0.05, 0) is 62.4 Å². The molecule has 1 aliphatic heterocycles. The van der Waals surface area contributed by atoms with Gasteiger partial charge in [0.15, 0.2) is 0 Å². The number of halogens is 3. The van der Waals surface area contributed by atoms with Crippen molar-refractivity contribution in [1.29, 1.82) is 0 Å². The number of piperidine rings is 1. The molecule has 4 nitrogen and oxygen atoms in total. The zero-order valence-electron chi connectivity index (χ0n) is 18.1. The summed E-state index contributed by atoms with van der Waals surface area (Å²) in [6, 6.07) is 11.5. The minimum absolute atomic E-state index is 0.144. The maximum atomic E-state index is 13.4. The van der Waals surface area contributed by atoms with Gasteiger partial charge in [0.05, 0.1) is 23.9 Å². The number of hydrogen-bond acceptors (Lipinski definition) is 4. The van der Waals surface area contributed by atoms with Gasteiger partial charge in [0.2, 0.25) is 0 Å². The number of hydrogen-bond donors (Lipinski definition) is 0. The first kappa shape index (κ1) is 22.8. The van der Waals surface area contributed by atoms with Crippen LogP contribution in [0.25, 0.3) is 11.3 Å². The van der Waals surface area contributed by atoms with Gasteiger partial charge in [0.1, 0.15) is 12.0 Å². The first-order valence-corrected chi connectivity index (χ1v) is 11.3. The quantitative estimate of drug-likeness (QED) is 0.515. The zero-order valence-corrected chi connectivity index (χ0v) is 18.1. The molecule has 172 valence electrons. The number of carbonyl (C=O) groups is 1. The minimum atomic E-state index is -4.10. The van der Waals surface area contributed by atoms with E-state index in [1.165, 1.54) is 0 Å². The Labute approximate surface area is 186 Å². The van der Waals surface area contributed by atoms with Gasteiger partial charge in [-0.2, -0.15) is 13.2 Å². The maximum absolute atomic E-state index is 13.4. The third-order valence-electron chi connectivity index (χ3n) is 6.94. The summed E-state index contributed by atoms with van der Waals surface area (Å²) < 4.78 is 46.2. The number of aromatic nitrogens is 1. The second-order valence-corrected chi connectivity index (χ2v) is 9.11. The number of alkyl halides is 3. The molecular formula is C25H29F3N2O2. The Balaban J connectivity index is 1.23. The van der Waals surface area contributed by atoms with Gasteiger partial charge in [-0.1, -0.05) is 30.7 Å². The number of carbonyl (C=O) groups excluding carboxylic acids is 1. The Morgan fingerprint density at radius 1 is 1.09 bits per heavy atom. The summed E-state index contributed by atoms with van der Waals surface area (Å²) >= 11 is 0. The predicted molar refractivity (Wildman–Crippen MR) is 116 cm³/mol. The molecule has 1 aromatic heterocycles. The lowest BCUT2D eigenvalue weighted by Crippen LogP contribution is -2.53. The zero-order chi connectivity index (χ0) is 22.6. The summed E-state index contributed by atoms with van der Waals surface area (Å²) in [7, 11) is 0. The van der Waals surface area contributed by atoms with E-state index in [1.54, 1.807) is 6.20 Å². The van der Waals surface area contributed by atoms with Crippen molar-refractivity contribution in [3.05, 3.63) is 48.2 Å². The van der Waals surface area contributed by atoms with Crippen LogP contribution in [0.2, 0.25) is 0 Å². The van der Waals surface area contributed by atoms with Gasteiger partial charge >= 0.3 is 6.18 Å². The summed E-state index contributed by atoms with van der Waals surface area (Å²) in [6.45, 7) is 2.09. The van der Waals surface area contributed by atoms with Crippen LogP contribution < -0.4 is 4.74 Å². The molecule has 0 N–H and O–H groups in total. The third-order valence-corrected chi connectivity index (χ3v) is 6.94. The number of aldehydes is 1. The molecule has 4 rings (SSSR count). The lowest BCUT2D eigenvalue weighted by molar-refractivity contribution is -0.256. The fourth-order valence-corrected chi connectivity index (χ4v) is 4.63. The molecule has 0 unspecified atom stereocenters. The summed E-state index contributed by atoms with van der Waals surface area (Å²) in [4.78, 5) is 17.1. The highest BCUT2D eigenvalue weighted by molar-refractivity contribution is 5.61. The Kier molecular flexibility index (Phi) is 6.84. The Bertz CT molecular complexity index is 885. The van der Waals surface area contributed by atoms with Crippen LogP contribution in [-0.2, 0) is 11.2 Å². The van der Waals surface area contributed by atoms with Crippen LogP contribution in [0.5, 0.6) is 5.75 Å². The number of pyridine rings is 1. The monoisotopic (exact) mass is 446 g/mol. The van der Waals surface area contributed by atoms with Gasteiger partial charge in [0.25, 0.3) is 0 Å².